The van der Waals surface area contributed by atoms with Gasteiger partial charge in [-0.25, -0.2) is 23.8 Å². The fourth-order valence-electron chi connectivity index (χ4n) is 6.56. The van der Waals surface area contributed by atoms with Gasteiger partial charge in [-0.1, -0.05) is 31.7 Å². The van der Waals surface area contributed by atoms with Crippen LogP contribution in [0.2, 0.25) is 0 Å². The predicted molar refractivity (Wildman–Crippen MR) is 160 cm³/mol. The van der Waals surface area contributed by atoms with Crippen LogP contribution in [0.25, 0.3) is 5.82 Å². The van der Waals surface area contributed by atoms with E-state index in [-0.39, 0.29) is 28.9 Å². The third-order valence-corrected chi connectivity index (χ3v) is 9.92. The van der Waals surface area contributed by atoms with Crippen molar-refractivity contribution in [1.82, 2.24) is 24.5 Å². The maximum Gasteiger partial charge on any atom is 0.281 e. The number of rotatable bonds is 5. The summed E-state index contributed by atoms with van der Waals surface area (Å²) >= 11 is 0. The van der Waals surface area contributed by atoms with Gasteiger partial charge >= 0.3 is 0 Å². The van der Waals surface area contributed by atoms with E-state index in [0.717, 1.165) is 6.42 Å². The molecule has 1 saturated carbocycles. The van der Waals surface area contributed by atoms with Crippen molar-refractivity contribution in [2.45, 2.75) is 75.5 Å². The predicted octanol–water partition coefficient (Wildman–Crippen LogP) is 4.50. The number of halogens is 1. The fraction of sp³-hybridized carbons (Fsp3) is 0.533. The Balaban J connectivity index is 1.33. The first kappa shape index (κ1) is 29.3. The smallest absolute Gasteiger partial charge is 0.281 e. The van der Waals surface area contributed by atoms with Gasteiger partial charge in [0.2, 0.25) is 5.88 Å². The van der Waals surface area contributed by atoms with Crippen LogP contribution in [0.5, 0.6) is 5.88 Å². The Labute approximate surface area is 251 Å². The maximum absolute atomic E-state index is 15.1. The first-order valence-corrected chi connectivity index (χ1v) is 16.5. The first-order chi connectivity index (χ1) is 20.6. The molecule has 2 atom stereocenters. The molecule has 1 amide bonds. The Kier molecular flexibility index (Phi) is 8.01. The van der Waals surface area contributed by atoms with E-state index >= 15 is 4.39 Å². The zero-order valence-electron chi connectivity index (χ0n) is 24.5. The van der Waals surface area contributed by atoms with E-state index in [1.165, 1.54) is 37.8 Å². The maximum atomic E-state index is 15.1. The van der Waals surface area contributed by atoms with E-state index in [4.69, 9.17) is 9.72 Å². The second-order valence-corrected chi connectivity index (χ2v) is 14.1. The average Bonchev–Trinajstić information content (AvgIpc) is 3.72. The van der Waals surface area contributed by atoms with E-state index in [0.29, 0.717) is 49.4 Å². The molecule has 3 aliphatic rings. The highest BCUT2D eigenvalue weighted by atomic mass is 32.2. The lowest BCUT2D eigenvalue weighted by Crippen LogP contribution is -2.41. The standard InChI is InChI=1S/C30H38FN7O4S/c1-30(2)17-21-16-22(31)18-32-24-8-5-9-27(33-24)43(40,41)36-29(39)23-10-11-25(34-28(23)37(30)19-21)38-14-12-26(35-38)42-15-13-20-6-3-4-7-20/h5,8-12,14,20-22H,3-4,6-7,13,15-19H2,1-2H3,(H,32,33)(H,36,39). The molecule has 3 aromatic heterocycles. The zero-order chi connectivity index (χ0) is 30.2. The van der Waals surface area contributed by atoms with Gasteiger partial charge in [0.1, 0.15) is 17.8 Å². The summed E-state index contributed by atoms with van der Waals surface area (Å²) in [5.41, 5.74) is -0.388. The number of nitrogens with zero attached hydrogens (tertiary/aromatic N) is 5. The molecule has 1 aliphatic carbocycles. The lowest BCUT2D eigenvalue weighted by Gasteiger charge is -2.34. The number of sulfonamides is 1. The monoisotopic (exact) mass is 611 g/mol. The van der Waals surface area contributed by atoms with Gasteiger partial charge in [0.15, 0.2) is 10.8 Å². The van der Waals surface area contributed by atoms with Crippen molar-refractivity contribution in [3.63, 3.8) is 0 Å². The van der Waals surface area contributed by atoms with Gasteiger partial charge in [-0.05, 0) is 69.2 Å². The molecule has 3 aromatic rings. The summed E-state index contributed by atoms with van der Waals surface area (Å²) in [5, 5.41) is 7.09. The molecule has 5 heterocycles. The summed E-state index contributed by atoms with van der Waals surface area (Å²) in [6.45, 7) is 5.08. The highest BCUT2D eigenvalue weighted by Crippen LogP contribution is 2.40. The summed E-state index contributed by atoms with van der Waals surface area (Å²) < 4.78 is 51.1. The molecule has 11 nitrogen and oxygen atoms in total. The van der Waals surface area contributed by atoms with E-state index in [9.17, 15) is 13.2 Å². The Morgan fingerprint density at radius 2 is 1.93 bits per heavy atom. The molecule has 0 radical (unpaired) electrons. The number of carbonyl (C=O) groups excluding carboxylic acids is 1. The molecular weight excluding hydrogens is 573 g/mol. The summed E-state index contributed by atoms with van der Waals surface area (Å²) in [7, 11) is -4.33. The number of anilines is 2. The van der Waals surface area contributed by atoms with Crippen LogP contribution in [0.3, 0.4) is 0 Å². The minimum absolute atomic E-state index is 0.00843. The number of ether oxygens (including phenoxy) is 1. The molecule has 2 unspecified atom stereocenters. The Morgan fingerprint density at radius 3 is 2.74 bits per heavy atom. The molecule has 0 aromatic carbocycles. The molecular formula is C30H38FN7O4S. The summed E-state index contributed by atoms with van der Waals surface area (Å²) in [6.07, 6.45) is 7.63. The summed E-state index contributed by atoms with van der Waals surface area (Å²) in [4.78, 5) is 24.5. The third-order valence-electron chi connectivity index (χ3n) is 8.69. The van der Waals surface area contributed by atoms with Crippen molar-refractivity contribution in [2.24, 2.45) is 11.8 Å². The fourth-order valence-corrected chi connectivity index (χ4v) is 7.49. The molecule has 2 aliphatic heterocycles. The second kappa shape index (κ2) is 11.7. The normalized spacial score (nSPS) is 23.5. The number of alkyl halides is 1. The summed E-state index contributed by atoms with van der Waals surface area (Å²) in [5.74, 6) is 1.33. The van der Waals surface area contributed by atoms with Gasteiger partial charge < -0.3 is 15.0 Å². The van der Waals surface area contributed by atoms with Crippen molar-refractivity contribution in [3.8, 4) is 11.7 Å². The molecule has 2 N–H and O–H groups in total. The van der Waals surface area contributed by atoms with E-state index < -0.39 is 27.6 Å². The first-order valence-electron chi connectivity index (χ1n) is 15.0. The highest BCUT2D eigenvalue weighted by molar-refractivity contribution is 7.90. The number of pyridine rings is 2. The quantitative estimate of drug-likeness (QED) is 0.428. The topological polar surface area (TPSA) is 131 Å². The van der Waals surface area contributed by atoms with Crippen LogP contribution >= 0.6 is 0 Å². The van der Waals surface area contributed by atoms with Crippen molar-refractivity contribution < 1.29 is 22.3 Å². The van der Waals surface area contributed by atoms with Crippen LogP contribution in [0.15, 0.2) is 47.6 Å². The molecule has 6 rings (SSSR count). The van der Waals surface area contributed by atoms with Crippen LogP contribution in [0, 0.1) is 11.8 Å². The van der Waals surface area contributed by atoms with Crippen molar-refractivity contribution >= 4 is 27.6 Å². The molecule has 13 heteroatoms. The van der Waals surface area contributed by atoms with E-state index in [1.807, 2.05) is 18.7 Å². The van der Waals surface area contributed by atoms with Gasteiger partial charge in [0, 0.05) is 30.9 Å². The number of aromatic nitrogens is 4. The molecule has 230 valence electrons. The number of carbonyl (C=O) groups is 1. The van der Waals surface area contributed by atoms with Gasteiger partial charge in [0.25, 0.3) is 15.9 Å². The Bertz CT molecular complexity index is 1590. The Morgan fingerprint density at radius 1 is 1.12 bits per heavy atom. The molecule has 2 fully saturated rings. The average molecular weight is 612 g/mol. The van der Waals surface area contributed by atoms with Crippen molar-refractivity contribution in [1.29, 1.82) is 0 Å². The lowest BCUT2D eigenvalue weighted by molar-refractivity contribution is 0.0981. The highest BCUT2D eigenvalue weighted by Gasteiger charge is 2.42. The van der Waals surface area contributed by atoms with Gasteiger partial charge in [-0.15, -0.1) is 5.10 Å². The van der Waals surface area contributed by atoms with Crippen LogP contribution in [-0.2, 0) is 10.0 Å². The number of amides is 1. The van der Waals surface area contributed by atoms with Crippen LogP contribution < -0.4 is 19.7 Å². The number of hydrogen-bond donors (Lipinski definition) is 2. The molecule has 1 saturated heterocycles. The third kappa shape index (κ3) is 6.46. The molecule has 4 bridgehead atoms. The zero-order valence-corrected chi connectivity index (χ0v) is 25.3. The van der Waals surface area contributed by atoms with Crippen molar-refractivity contribution in [2.75, 3.05) is 29.9 Å². The Hall–Kier alpha value is -3.74. The van der Waals surface area contributed by atoms with Crippen LogP contribution in [-0.4, -0.2) is 65.5 Å². The van der Waals surface area contributed by atoms with Gasteiger partial charge in [0.05, 0.1) is 12.2 Å². The largest absolute Gasteiger partial charge is 0.477 e. The number of fused-ring (bicyclic) bond motifs is 6. The van der Waals surface area contributed by atoms with E-state index in [1.54, 1.807) is 35.1 Å². The number of hydrogen-bond acceptors (Lipinski definition) is 9. The van der Waals surface area contributed by atoms with Crippen LogP contribution in [0.1, 0.15) is 69.2 Å². The van der Waals surface area contributed by atoms with Crippen molar-refractivity contribution in [3.05, 3.63) is 48.2 Å². The van der Waals surface area contributed by atoms with E-state index in [2.05, 4.69) is 20.1 Å². The number of nitrogens with one attached hydrogen (secondary N) is 2. The van der Waals surface area contributed by atoms with Gasteiger partial charge in [-0.2, -0.15) is 8.42 Å². The SMILES string of the molecule is CC1(C)CC2CC(F)CNc3cccc(n3)S(=O)(=O)NC(=O)c3ccc(-n4ccc(OCCC5CCCC5)n4)nc3N1C2. The molecule has 0 spiro atoms. The molecule has 43 heavy (non-hydrogen) atoms. The second-order valence-electron chi connectivity index (χ2n) is 12.4. The van der Waals surface area contributed by atoms with Crippen LogP contribution in [0.4, 0.5) is 16.0 Å². The van der Waals surface area contributed by atoms with Gasteiger partial charge in [-0.3, -0.25) is 4.79 Å². The lowest BCUT2D eigenvalue weighted by atomic mass is 9.93. The summed E-state index contributed by atoms with van der Waals surface area (Å²) in [6, 6.07) is 9.29. The minimum Gasteiger partial charge on any atom is -0.477 e. The minimum atomic E-state index is -4.33.